The molecular weight excluding hydrogens is 318 g/mol. The summed E-state index contributed by atoms with van der Waals surface area (Å²) in [6.07, 6.45) is 4.28. The molecule has 1 aromatic carbocycles. The zero-order chi connectivity index (χ0) is 17.6. The number of nitrogens with zero attached hydrogens (tertiary/aromatic N) is 1. The third kappa shape index (κ3) is 4.62. The van der Waals surface area contributed by atoms with Crippen LogP contribution >= 0.6 is 0 Å². The Hall–Kier alpha value is -2.76. The molecule has 25 heavy (non-hydrogen) atoms. The minimum atomic E-state index is -0.152. The van der Waals surface area contributed by atoms with Gasteiger partial charge in [0.15, 0.2) is 5.78 Å². The molecule has 1 aliphatic rings. The maximum absolute atomic E-state index is 12.0. The molecule has 0 unspecified atom stereocenters. The minimum Gasteiger partial charge on any atom is -0.353 e. The summed E-state index contributed by atoms with van der Waals surface area (Å²) in [5.41, 5.74) is 1.32. The van der Waals surface area contributed by atoms with Gasteiger partial charge in [0.1, 0.15) is 0 Å². The first-order chi connectivity index (χ1) is 12.1. The van der Waals surface area contributed by atoms with Crippen LogP contribution in [0.1, 0.15) is 54.1 Å². The molecule has 1 amide bonds. The van der Waals surface area contributed by atoms with E-state index < -0.39 is 0 Å². The Morgan fingerprint density at radius 3 is 2.64 bits per heavy atom. The smallest absolute Gasteiger partial charge is 0.250 e. The number of carbonyl (C=O) groups is 2. The molecule has 0 spiro atoms. The van der Waals surface area contributed by atoms with Gasteiger partial charge < -0.3 is 10.3 Å². The first-order valence-corrected chi connectivity index (χ1v) is 8.54. The Labute approximate surface area is 145 Å². The highest BCUT2D eigenvalue weighted by atomic mass is 16.2. The summed E-state index contributed by atoms with van der Waals surface area (Å²) in [7, 11) is 0. The highest BCUT2D eigenvalue weighted by Crippen LogP contribution is 2.35. The first kappa shape index (κ1) is 17.1. The Morgan fingerprint density at radius 2 is 1.92 bits per heavy atom. The molecule has 0 aliphatic heterocycles. The highest BCUT2D eigenvalue weighted by molar-refractivity contribution is 5.96. The second-order valence-corrected chi connectivity index (χ2v) is 6.41. The maximum Gasteiger partial charge on any atom is 0.250 e. The van der Waals surface area contributed by atoms with Crippen LogP contribution in [0.4, 0.5) is 0 Å². The number of hydrogen-bond donors (Lipinski definition) is 2. The van der Waals surface area contributed by atoms with Crippen molar-refractivity contribution < 1.29 is 9.59 Å². The number of hydrogen-bond acceptors (Lipinski definition) is 4. The van der Waals surface area contributed by atoms with Crippen LogP contribution in [0.15, 0.2) is 47.5 Å². The van der Waals surface area contributed by atoms with E-state index >= 15 is 0 Å². The summed E-state index contributed by atoms with van der Waals surface area (Å²) in [4.78, 5) is 41.9. The fourth-order valence-electron chi connectivity index (χ4n) is 3.06. The molecule has 1 aliphatic carbocycles. The second kappa shape index (κ2) is 7.88. The number of carbonyl (C=O) groups excluding carboxylic acids is 2. The summed E-state index contributed by atoms with van der Waals surface area (Å²) in [6, 6.07) is 10.8. The summed E-state index contributed by atoms with van der Waals surface area (Å²) in [6.45, 7) is 0. The second-order valence-electron chi connectivity index (χ2n) is 6.41. The van der Waals surface area contributed by atoms with E-state index in [1.165, 1.54) is 12.4 Å². The number of aromatic nitrogens is 2. The van der Waals surface area contributed by atoms with Crippen LogP contribution in [-0.2, 0) is 4.79 Å². The predicted octanol–water partition coefficient (Wildman–Crippen LogP) is 2.19. The normalized spacial score (nSPS) is 19.0. The molecule has 1 aromatic heterocycles. The number of Topliss-reactive ketones (excluding diaryl/α,β-unsaturated/α-hetero) is 1. The van der Waals surface area contributed by atoms with E-state index in [0.29, 0.717) is 24.8 Å². The van der Waals surface area contributed by atoms with Crippen LogP contribution < -0.4 is 10.9 Å². The Kier molecular flexibility index (Phi) is 5.38. The van der Waals surface area contributed by atoms with Crippen molar-refractivity contribution in [3.63, 3.8) is 0 Å². The fraction of sp³-hybridized carbons (Fsp3) is 0.368. The molecule has 1 heterocycles. The lowest BCUT2D eigenvalue weighted by atomic mass is 9.78. The zero-order valence-electron chi connectivity index (χ0n) is 13.9. The molecule has 6 nitrogen and oxygen atoms in total. The van der Waals surface area contributed by atoms with Gasteiger partial charge in [-0.25, -0.2) is 4.98 Å². The van der Waals surface area contributed by atoms with Gasteiger partial charge in [-0.15, -0.1) is 0 Å². The Balaban J connectivity index is 1.35. The number of amides is 1. The van der Waals surface area contributed by atoms with Gasteiger partial charge in [-0.1, -0.05) is 30.3 Å². The van der Waals surface area contributed by atoms with E-state index in [4.69, 9.17) is 0 Å². The fourth-order valence-corrected chi connectivity index (χ4v) is 3.06. The van der Waals surface area contributed by atoms with Crippen molar-refractivity contribution in [1.82, 2.24) is 15.3 Å². The molecule has 0 atom stereocenters. The van der Waals surface area contributed by atoms with E-state index in [2.05, 4.69) is 15.3 Å². The SMILES string of the molecule is O=C(CCCC(=O)c1ccccc1)NC1CC(c2cc(=O)[nH]cn2)C1. The molecule has 2 aromatic rings. The Morgan fingerprint density at radius 1 is 1.16 bits per heavy atom. The van der Waals surface area contributed by atoms with Crippen LogP contribution in [0, 0.1) is 0 Å². The monoisotopic (exact) mass is 339 g/mol. The van der Waals surface area contributed by atoms with Gasteiger partial charge in [-0.2, -0.15) is 0 Å². The van der Waals surface area contributed by atoms with Gasteiger partial charge in [0.25, 0.3) is 5.56 Å². The van der Waals surface area contributed by atoms with Gasteiger partial charge in [0, 0.05) is 36.4 Å². The average Bonchev–Trinajstić information content (AvgIpc) is 2.58. The molecule has 1 saturated carbocycles. The van der Waals surface area contributed by atoms with E-state index in [-0.39, 0.29) is 29.2 Å². The van der Waals surface area contributed by atoms with Crippen molar-refractivity contribution >= 4 is 11.7 Å². The van der Waals surface area contributed by atoms with Crippen molar-refractivity contribution in [3.8, 4) is 0 Å². The largest absolute Gasteiger partial charge is 0.353 e. The van der Waals surface area contributed by atoms with Gasteiger partial charge in [-0.3, -0.25) is 14.4 Å². The lowest BCUT2D eigenvalue weighted by molar-refractivity contribution is -0.122. The predicted molar refractivity (Wildman–Crippen MR) is 93.4 cm³/mol. The molecule has 0 saturated heterocycles. The number of nitrogens with one attached hydrogen (secondary N) is 2. The summed E-state index contributed by atoms with van der Waals surface area (Å²) in [5, 5.41) is 2.98. The zero-order valence-corrected chi connectivity index (χ0v) is 13.9. The molecule has 0 radical (unpaired) electrons. The van der Waals surface area contributed by atoms with Gasteiger partial charge >= 0.3 is 0 Å². The van der Waals surface area contributed by atoms with Crippen LogP contribution in [-0.4, -0.2) is 27.7 Å². The highest BCUT2D eigenvalue weighted by Gasteiger charge is 2.32. The third-order valence-electron chi connectivity index (χ3n) is 4.52. The van der Waals surface area contributed by atoms with Crippen molar-refractivity contribution in [1.29, 1.82) is 0 Å². The van der Waals surface area contributed by atoms with Crippen LogP contribution in [0.3, 0.4) is 0 Å². The Bertz CT molecular complexity index is 795. The maximum atomic E-state index is 12.0. The third-order valence-corrected chi connectivity index (χ3v) is 4.52. The van der Waals surface area contributed by atoms with Gasteiger partial charge in [-0.05, 0) is 19.3 Å². The van der Waals surface area contributed by atoms with E-state index in [1.54, 1.807) is 12.1 Å². The van der Waals surface area contributed by atoms with Gasteiger partial charge in [0.2, 0.25) is 5.91 Å². The molecule has 1 fully saturated rings. The van der Waals surface area contributed by atoms with Crippen molar-refractivity contribution in [3.05, 3.63) is 64.3 Å². The van der Waals surface area contributed by atoms with Crippen molar-refractivity contribution in [2.24, 2.45) is 0 Å². The minimum absolute atomic E-state index is 0.0248. The standard InChI is InChI=1S/C19H21N3O3/c23-17(13-5-2-1-3-6-13)7-4-8-18(24)22-15-9-14(10-15)16-11-19(25)21-12-20-16/h1-3,5-6,11-12,14-15H,4,7-10H2,(H,22,24)(H,20,21,25). The summed E-state index contributed by atoms with van der Waals surface area (Å²) in [5.74, 6) is 0.271. The topological polar surface area (TPSA) is 91.9 Å². The number of rotatable bonds is 7. The van der Waals surface area contributed by atoms with Crippen LogP contribution in [0.25, 0.3) is 0 Å². The lowest BCUT2D eigenvalue weighted by Crippen LogP contribution is -2.43. The number of ketones is 1. The molecule has 2 N–H and O–H groups in total. The van der Waals surface area contributed by atoms with Crippen LogP contribution in [0.2, 0.25) is 0 Å². The van der Waals surface area contributed by atoms with Crippen molar-refractivity contribution in [2.45, 2.75) is 44.1 Å². The lowest BCUT2D eigenvalue weighted by Gasteiger charge is -2.35. The molecule has 130 valence electrons. The molecular formula is C19H21N3O3. The van der Waals surface area contributed by atoms with Crippen LogP contribution in [0.5, 0.6) is 0 Å². The first-order valence-electron chi connectivity index (χ1n) is 8.54. The number of H-pyrrole nitrogens is 1. The van der Waals surface area contributed by atoms with Crippen molar-refractivity contribution in [2.75, 3.05) is 0 Å². The summed E-state index contributed by atoms with van der Waals surface area (Å²) >= 11 is 0. The summed E-state index contributed by atoms with van der Waals surface area (Å²) < 4.78 is 0. The number of benzene rings is 1. The molecule has 3 rings (SSSR count). The van der Waals surface area contributed by atoms with E-state index in [0.717, 1.165) is 18.5 Å². The van der Waals surface area contributed by atoms with E-state index in [9.17, 15) is 14.4 Å². The molecule has 6 heteroatoms. The quantitative estimate of drug-likeness (QED) is 0.756. The van der Waals surface area contributed by atoms with E-state index in [1.807, 2.05) is 18.2 Å². The number of aromatic amines is 1. The van der Waals surface area contributed by atoms with Gasteiger partial charge in [0.05, 0.1) is 12.0 Å². The average molecular weight is 339 g/mol. The molecule has 0 bridgehead atoms.